The molecule has 0 rings (SSSR count). The quantitative estimate of drug-likeness (QED) is 0.0653. The minimum Gasteiger partial charge on any atom is -0.481 e. The molecule has 40 heavy (non-hydrogen) atoms. The van der Waals surface area contributed by atoms with Gasteiger partial charge in [0.15, 0.2) is 5.60 Å². The van der Waals surface area contributed by atoms with Crippen molar-refractivity contribution in [3.8, 4) is 0 Å². The van der Waals surface area contributed by atoms with E-state index in [0.717, 1.165) is 13.2 Å². The average Bonchev–Trinajstić information content (AvgIpc) is 2.88. The van der Waals surface area contributed by atoms with Gasteiger partial charge in [-0.3, -0.25) is 9.59 Å². The molecule has 8 nitrogen and oxygen atoms in total. The number of aliphatic hydroxyl groups is 1. The Morgan fingerprint density at radius 3 is 0.950 bits per heavy atom. The van der Waals surface area contributed by atoms with Gasteiger partial charge in [0.05, 0.1) is 12.8 Å². The molecule has 0 amide bonds. The maximum Gasteiger partial charge on any atom is 0.336 e. The molecule has 0 bridgehead atoms. The van der Waals surface area contributed by atoms with Crippen LogP contribution in [0, 0.1) is 0 Å². The average molecular weight is 575 g/mol. The molecule has 0 aliphatic carbocycles. The van der Waals surface area contributed by atoms with Crippen molar-refractivity contribution in [1.82, 2.24) is 0 Å². The molecule has 0 saturated heterocycles. The SMILES string of the molecule is CCCCCCCCCCCCCOCCCCCCCCCCCCC.O=C(O)CC(O)(CC(=O)O)C(=O)O. The van der Waals surface area contributed by atoms with E-state index in [1.807, 2.05) is 0 Å². The lowest BCUT2D eigenvalue weighted by Gasteiger charge is -2.18. The van der Waals surface area contributed by atoms with Crippen LogP contribution in [-0.4, -0.2) is 57.1 Å². The highest BCUT2D eigenvalue weighted by Gasteiger charge is 2.40. The van der Waals surface area contributed by atoms with Crippen LogP contribution in [0.5, 0.6) is 0 Å². The molecule has 0 fully saturated rings. The van der Waals surface area contributed by atoms with Crippen molar-refractivity contribution in [3.63, 3.8) is 0 Å². The molecule has 8 heteroatoms. The summed E-state index contributed by atoms with van der Waals surface area (Å²) < 4.78 is 5.80. The van der Waals surface area contributed by atoms with Gasteiger partial charge in [0.2, 0.25) is 0 Å². The number of rotatable bonds is 29. The first-order valence-corrected chi connectivity index (χ1v) is 16.2. The summed E-state index contributed by atoms with van der Waals surface area (Å²) in [7, 11) is 0. The topological polar surface area (TPSA) is 141 Å². The highest BCUT2D eigenvalue weighted by atomic mass is 16.5. The molecule has 0 unspecified atom stereocenters. The molecule has 0 saturated carbocycles. The molecular formula is C32H62O8. The Hall–Kier alpha value is -1.67. The van der Waals surface area contributed by atoms with Gasteiger partial charge >= 0.3 is 17.9 Å². The van der Waals surface area contributed by atoms with E-state index in [0.29, 0.717) is 0 Å². The van der Waals surface area contributed by atoms with Crippen LogP contribution in [0.4, 0.5) is 0 Å². The van der Waals surface area contributed by atoms with E-state index in [4.69, 9.17) is 25.2 Å². The van der Waals surface area contributed by atoms with Crippen molar-refractivity contribution in [2.24, 2.45) is 0 Å². The summed E-state index contributed by atoms with van der Waals surface area (Å²) in [4.78, 5) is 30.5. The summed E-state index contributed by atoms with van der Waals surface area (Å²) >= 11 is 0. The Morgan fingerprint density at radius 1 is 0.475 bits per heavy atom. The Labute approximate surface area is 244 Å². The van der Waals surface area contributed by atoms with E-state index >= 15 is 0 Å². The van der Waals surface area contributed by atoms with Crippen LogP contribution in [0.3, 0.4) is 0 Å². The van der Waals surface area contributed by atoms with E-state index < -0.39 is 36.4 Å². The second-order valence-electron chi connectivity index (χ2n) is 11.2. The minimum absolute atomic E-state index is 0.995. The second kappa shape index (κ2) is 30.3. The lowest BCUT2D eigenvalue weighted by molar-refractivity contribution is -0.170. The van der Waals surface area contributed by atoms with Crippen molar-refractivity contribution in [2.45, 2.75) is 174 Å². The van der Waals surface area contributed by atoms with Gasteiger partial charge in [-0.1, -0.05) is 142 Å². The van der Waals surface area contributed by atoms with Crippen LogP contribution in [-0.2, 0) is 19.1 Å². The molecule has 4 N–H and O–H groups in total. The number of unbranched alkanes of at least 4 members (excludes halogenated alkanes) is 20. The van der Waals surface area contributed by atoms with Gasteiger partial charge in [-0.05, 0) is 12.8 Å². The maximum absolute atomic E-state index is 10.3. The third-order valence-corrected chi connectivity index (χ3v) is 7.07. The number of carboxylic acids is 3. The largest absolute Gasteiger partial charge is 0.481 e. The van der Waals surface area contributed by atoms with Gasteiger partial charge in [-0.2, -0.15) is 0 Å². The van der Waals surface area contributed by atoms with E-state index in [1.54, 1.807) is 0 Å². The molecule has 0 aliphatic heterocycles. The number of carboxylic acid groups (broad SMARTS) is 3. The molecule has 0 atom stereocenters. The number of aliphatic carboxylic acids is 3. The van der Waals surface area contributed by atoms with Gasteiger partial charge in [0.1, 0.15) is 0 Å². The van der Waals surface area contributed by atoms with Gasteiger partial charge in [-0.15, -0.1) is 0 Å². The van der Waals surface area contributed by atoms with Gasteiger partial charge in [0, 0.05) is 13.2 Å². The first-order chi connectivity index (χ1) is 19.2. The molecule has 238 valence electrons. The Kier molecular flexibility index (Phi) is 30.6. The van der Waals surface area contributed by atoms with E-state index in [1.165, 1.54) is 141 Å². The third kappa shape index (κ3) is 30.9. The minimum atomic E-state index is -2.74. The molecule has 0 spiro atoms. The summed E-state index contributed by atoms with van der Waals surface area (Å²) in [5.41, 5.74) is -2.74. The molecular weight excluding hydrogens is 512 g/mol. The summed E-state index contributed by atoms with van der Waals surface area (Å²) in [5.74, 6) is -5.02. The van der Waals surface area contributed by atoms with E-state index in [-0.39, 0.29) is 0 Å². The molecule has 0 heterocycles. The van der Waals surface area contributed by atoms with E-state index in [9.17, 15) is 14.4 Å². The first kappa shape index (κ1) is 40.5. The van der Waals surface area contributed by atoms with Crippen LogP contribution < -0.4 is 0 Å². The normalized spacial score (nSPS) is 11.2. The predicted octanol–water partition coefficient (Wildman–Crippen LogP) is 8.38. The zero-order valence-electron chi connectivity index (χ0n) is 25.8. The molecule has 0 aromatic carbocycles. The summed E-state index contributed by atoms with van der Waals surface area (Å²) in [6, 6.07) is 0. The fourth-order valence-corrected chi connectivity index (χ4v) is 4.55. The highest BCUT2D eigenvalue weighted by Crippen LogP contribution is 2.16. The summed E-state index contributed by atoms with van der Waals surface area (Å²) in [6.45, 7) is 6.58. The Balaban J connectivity index is 0. The smallest absolute Gasteiger partial charge is 0.336 e. The third-order valence-electron chi connectivity index (χ3n) is 7.07. The van der Waals surface area contributed by atoms with Crippen molar-refractivity contribution < 1.29 is 39.5 Å². The number of ether oxygens (including phenoxy) is 1. The van der Waals surface area contributed by atoms with Crippen molar-refractivity contribution in [2.75, 3.05) is 13.2 Å². The Morgan fingerprint density at radius 2 is 0.725 bits per heavy atom. The van der Waals surface area contributed by atoms with Crippen LogP contribution in [0.15, 0.2) is 0 Å². The second-order valence-corrected chi connectivity index (χ2v) is 11.2. The van der Waals surface area contributed by atoms with Gasteiger partial charge in [-0.25, -0.2) is 4.79 Å². The van der Waals surface area contributed by atoms with Crippen LogP contribution >= 0.6 is 0 Å². The zero-order valence-corrected chi connectivity index (χ0v) is 25.8. The number of carbonyl (C=O) groups is 3. The summed E-state index contributed by atoms with van der Waals surface area (Å²) in [6.07, 6.45) is 28.8. The summed E-state index contributed by atoms with van der Waals surface area (Å²) in [5, 5.41) is 33.8. The van der Waals surface area contributed by atoms with Crippen molar-refractivity contribution in [1.29, 1.82) is 0 Å². The predicted molar refractivity (Wildman–Crippen MR) is 161 cm³/mol. The molecule has 0 radical (unpaired) electrons. The van der Waals surface area contributed by atoms with Crippen molar-refractivity contribution >= 4 is 17.9 Å². The standard InChI is InChI=1S/C26H54O.C6H8O7/c1-3-5-7-9-11-13-15-17-19-21-23-25-27-26-24-22-20-18-16-14-12-10-8-6-4-2;7-3(8)1-6(13,5(11)12)2-4(9)10/h3-26H2,1-2H3;13H,1-2H2,(H,7,8)(H,9,10)(H,11,12). The Bertz CT molecular complexity index is 553. The fourth-order valence-electron chi connectivity index (χ4n) is 4.55. The highest BCUT2D eigenvalue weighted by molar-refractivity contribution is 5.88. The number of hydrogen-bond acceptors (Lipinski definition) is 5. The molecule has 0 aliphatic rings. The van der Waals surface area contributed by atoms with Crippen LogP contribution in [0.2, 0.25) is 0 Å². The fraction of sp³-hybridized carbons (Fsp3) is 0.906. The van der Waals surface area contributed by atoms with E-state index in [2.05, 4.69) is 13.8 Å². The zero-order chi connectivity index (χ0) is 30.3. The lowest BCUT2D eigenvalue weighted by atomic mass is 9.96. The maximum atomic E-state index is 10.3. The van der Waals surface area contributed by atoms with Gasteiger partial charge < -0.3 is 25.2 Å². The van der Waals surface area contributed by atoms with Crippen molar-refractivity contribution in [3.05, 3.63) is 0 Å². The molecule has 0 aromatic rings. The monoisotopic (exact) mass is 574 g/mol. The van der Waals surface area contributed by atoms with Crippen LogP contribution in [0.25, 0.3) is 0 Å². The number of hydrogen-bond donors (Lipinski definition) is 4. The first-order valence-electron chi connectivity index (χ1n) is 16.2. The lowest BCUT2D eigenvalue weighted by Crippen LogP contribution is -2.42. The van der Waals surface area contributed by atoms with Crippen LogP contribution in [0.1, 0.15) is 168 Å². The van der Waals surface area contributed by atoms with Gasteiger partial charge in [0.25, 0.3) is 0 Å². The molecule has 0 aromatic heterocycles.